The summed E-state index contributed by atoms with van der Waals surface area (Å²) in [6, 6.07) is 31.0. The van der Waals surface area contributed by atoms with Crippen molar-refractivity contribution in [2.45, 2.75) is 50.7 Å². The zero-order chi connectivity index (χ0) is 29.7. The first-order valence-corrected chi connectivity index (χ1v) is 15.9. The summed E-state index contributed by atoms with van der Waals surface area (Å²) in [5, 5.41) is 4.70. The monoisotopic (exact) mass is 584 g/mol. The first kappa shape index (κ1) is 29.6. The van der Waals surface area contributed by atoms with Gasteiger partial charge in [0.05, 0.1) is 12.7 Å². The molecule has 1 aliphatic heterocycles. The van der Waals surface area contributed by atoms with E-state index < -0.39 is 32.4 Å². The summed E-state index contributed by atoms with van der Waals surface area (Å²) in [5.41, 5.74) is -0.0834. The molecule has 1 saturated heterocycles. The Labute approximate surface area is 246 Å². The average Bonchev–Trinajstić information content (AvgIpc) is 3.38. The van der Waals surface area contributed by atoms with Crippen LogP contribution in [0.25, 0.3) is 0 Å². The molecule has 42 heavy (non-hydrogen) atoms. The maximum Gasteiger partial charge on any atom is 0.351 e. The summed E-state index contributed by atoms with van der Waals surface area (Å²) in [5.74, 6) is 5.33. The number of nitrogens with two attached hydrogens (primary N) is 1. The topological polar surface area (TPSA) is 118 Å². The summed E-state index contributed by atoms with van der Waals surface area (Å²) >= 11 is 0. The molecule has 1 aliphatic rings. The smallest absolute Gasteiger partial charge is 0.351 e. The van der Waals surface area contributed by atoms with Crippen molar-refractivity contribution < 1.29 is 18.8 Å². The van der Waals surface area contributed by atoms with Crippen LogP contribution < -0.4 is 27.3 Å². The number of carbonyl (C=O) groups excluding carboxylic acids is 1. The minimum atomic E-state index is -2.92. The third-order valence-corrected chi connectivity index (χ3v) is 12.7. The Morgan fingerprint density at radius 3 is 2.07 bits per heavy atom. The van der Waals surface area contributed by atoms with Crippen LogP contribution in [0.2, 0.25) is 5.04 Å². The van der Waals surface area contributed by atoms with E-state index in [0.29, 0.717) is 12.0 Å². The van der Waals surface area contributed by atoms with Crippen LogP contribution in [-0.2, 0) is 14.0 Å². The van der Waals surface area contributed by atoms with Crippen LogP contribution in [0.5, 0.6) is 0 Å². The predicted molar refractivity (Wildman–Crippen MR) is 164 cm³/mol. The van der Waals surface area contributed by atoms with Crippen molar-refractivity contribution in [2.24, 2.45) is 5.90 Å². The molecule has 1 aromatic heterocycles. The minimum Gasteiger partial charge on any atom is -0.402 e. The van der Waals surface area contributed by atoms with Crippen molar-refractivity contribution in [1.82, 2.24) is 9.55 Å². The van der Waals surface area contributed by atoms with E-state index in [1.165, 1.54) is 4.57 Å². The highest BCUT2D eigenvalue weighted by atomic mass is 28.4. The second-order valence-electron chi connectivity index (χ2n) is 11.3. The number of aromatic nitrogens is 2. The molecule has 0 saturated carbocycles. The van der Waals surface area contributed by atoms with Crippen LogP contribution in [-0.4, -0.2) is 42.6 Å². The average molecular weight is 585 g/mol. The van der Waals surface area contributed by atoms with Gasteiger partial charge in [0.1, 0.15) is 18.1 Å². The second kappa shape index (κ2) is 12.5. The number of nitrogens with zero attached hydrogens (tertiary/aromatic N) is 2. The fourth-order valence-electron chi connectivity index (χ4n) is 5.64. The van der Waals surface area contributed by atoms with Gasteiger partial charge in [-0.15, -0.1) is 0 Å². The Morgan fingerprint density at radius 2 is 1.55 bits per heavy atom. The van der Waals surface area contributed by atoms with Crippen LogP contribution in [0, 0.1) is 0 Å². The number of hydrogen-bond donors (Lipinski definition) is 2. The Hall–Kier alpha value is -3.93. The standard InChI is InChI=1S/C32H36N4O5Si/c1-32(2,3)42(24-15-9-5-10-16-24,25-17-11-6-12-18-25)41-26-21-29(40-27(26)22-39-33)36-20-19-28(35-31(36)38)34-30(37)23-13-7-4-8-14-23/h4-20,26-27,29H,21-22,33H2,1-3H3,(H,34,35,37,38)/t26-,27+,29+/m0/s1. The number of anilines is 1. The lowest BCUT2D eigenvalue weighted by Crippen LogP contribution is -2.68. The summed E-state index contributed by atoms with van der Waals surface area (Å²) in [6.07, 6.45) is 0.356. The molecule has 1 amide bonds. The molecule has 218 valence electrons. The van der Waals surface area contributed by atoms with E-state index in [9.17, 15) is 9.59 Å². The molecule has 1 fully saturated rings. The van der Waals surface area contributed by atoms with Crippen molar-refractivity contribution >= 4 is 30.4 Å². The molecular formula is C32H36N4O5Si. The molecule has 2 heterocycles. The number of rotatable bonds is 9. The highest BCUT2D eigenvalue weighted by Gasteiger charge is 2.54. The van der Waals surface area contributed by atoms with Gasteiger partial charge in [0, 0.05) is 18.2 Å². The first-order chi connectivity index (χ1) is 20.2. The van der Waals surface area contributed by atoms with Gasteiger partial charge in [-0.05, 0) is 33.6 Å². The molecule has 10 heteroatoms. The molecule has 5 rings (SSSR count). The van der Waals surface area contributed by atoms with Crippen molar-refractivity contribution in [1.29, 1.82) is 0 Å². The second-order valence-corrected chi connectivity index (χ2v) is 15.6. The van der Waals surface area contributed by atoms with Crippen LogP contribution >= 0.6 is 0 Å². The van der Waals surface area contributed by atoms with E-state index in [4.69, 9.17) is 19.9 Å². The molecule has 9 nitrogen and oxygen atoms in total. The Kier molecular flexibility index (Phi) is 8.81. The zero-order valence-corrected chi connectivity index (χ0v) is 25.0. The van der Waals surface area contributed by atoms with Crippen molar-refractivity contribution in [3.05, 3.63) is 119 Å². The van der Waals surface area contributed by atoms with E-state index in [0.717, 1.165) is 10.4 Å². The van der Waals surface area contributed by atoms with Gasteiger partial charge in [-0.2, -0.15) is 4.98 Å². The maximum atomic E-state index is 13.1. The molecule has 0 bridgehead atoms. The number of carbonyl (C=O) groups is 1. The van der Waals surface area contributed by atoms with E-state index in [1.54, 1.807) is 36.5 Å². The van der Waals surface area contributed by atoms with Gasteiger partial charge in [-0.25, -0.2) is 10.7 Å². The quantitative estimate of drug-likeness (QED) is 0.228. The maximum absolute atomic E-state index is 13.1. The van der Waals surface area contributed by atoms with Crippen molar-refractivity contribution in [3.63, 3.8) is 0 Å². The van der Waals surface area contributed by atoms with Crippen LogP contribution in [0.1, 0.15) is 43.8 Å². The van der Waals surface area contributed by atoms with Gasteiger partial charge < -0.3 is 19.3 Å². The molecule has 0 radical (unpaired) electrons. The number of benzene rings is 3. The first-order valence-electron chi connectivity index (χ1n) is 13.9. The van der Waals surface area contributed by atoms with E-state index >= 15 is 0 Å². The molecule has 0 spiro atoms. The fourth-order valence-corrected chi connectivity index (χ4v) is 10.4. The lowest BCUT2D eigenvalue weighted by atomic mass is 10.2. The molecule has 3 N–H and O–H groups in total. The summed E-state index contributed by atoms with van der Waals surface area (Å²) in [4.78, 5) is 34.8. The Morgan fingerprint density at radius 1 is 0.976 bits per heavy atom. The highest BCUT2D eigenvalue weighted by Crippen LogP contribution is 2.41. The van der Waals surface area contributed by atoms with E-state index in [1.807, 2.05) is 42.5 Å². The zero-order valence-electron chi connectivity index (χ0n) is 24.0. The molecule has 3 atom stereocenters. The van der Waals surface area contributed by atoms with Crippen molar-refractivity contribution in [3.8, 4) is 0 Å². The third kappa shape index (κ3) is 5.99. The number of amides is 1. The van der Waals surface area contributed by atoms with Gasteiger partial charge in [0.2, 0.25) is 0 Å². The molecule has 3 aromatic carbocycles. The third-order valence-electron chi connectivity index (χ3n) is 7.60. The summed E-state index contributed by atoms with van der Waals surface area (Å²) < 4.78 is 15.0. The summed E-state index contributed by atoms with van der Waals surface area (Å²) in [6.45, 7) is 6.71. The van der Waals surface area contributed by atoms with Gasteiger partial charge >= 0.3 is 5.69 Å². The SMILES string of the molecule is CC(C)(C)[Si](O[C@H]1C[C@H](n2ccc(NC(=O)c3ccccc3)nc2=O)O[C@@H]1CON)(c1ccccc1)c1ccccc1. The van der Waals surface area contributed by atoms with E-state index in [2.05, 4.69) is 55.3 Å². The lowest BCUT2D eigenvalue weighted by molar-refractivity contribution is -0.0617. The summed E-state index contributed by atoms with van der Waals surface area (Å²) in [7, 11) is -2.92. The lowest BCUT2D eigenvalue weighted by Gasteiger charge is -2.45. The van der Waals surface area contributed by atoms with Crippen LogP contribution in [0.15, 0.2) is 108 Å². The predicted octanol–water partition coefficient (Wildman–Crippen LogP) is 3.62. The molecular weight excluding hydrogens is 548 g/mol. The van der Waals surface area contributed by atoms with Crippen LogP contribution in [0.3, 0.4) is 0 Å². The van der Waals surface area contributed by atoms with Gasteiger partial charge in [-0.1, -0.05) is 99.6 Å². The number of nitrogens with one attached hydrogen (secondary N) is 1. The van der Waals surface area contributed by atoms with Gasteiger partial charge in [-0.3, -0.25) is 9.36 Å². The van der Waals surface area contributed by atoms with E-state index in [-0.39, 0.29) is 23.4 Å². The largest absolute Gasteiger partial charge is 0.402 e. The number of hydrogen-bond acceptors (Lipinski definition) is 7. The number of ether oxygens (including phenoxy) is 1. The molecule has 0 aliphatic carbocycles. The minimum absolute atomic E-state index is 0.0900. The fraction of sp³-hybridized carbons (Fsp3) is 0.281. The van der Waals surface area contributed by atoms with Gasteiger partial charge in [0.15, 0.2) is 0 Å². The molecule has 4 aromatic rings. The van der Waals surface area contributed by atoms with Crippen LogP contribution in [0.4, 0.5) is 5.82 Å². The van der Waals surface area contributed by atoms with Gasteiger partial charge in [0.25, 0.3) is 14.2 Å². The Bertz CT molecular complexity index is 1500. The Balaban J connectivity index is 1.45. The molecule has 0 unspecified atom stereocenters. The normalized spacial score (nSPS) is 19.0. The van der Waals surface area contributed by atoms with Crippen molar-refractivity contribution in [2.75, 3.05) is 11.9 Å². The highest BCUT2D eigenvalue weighted by molar-refractivity contribution is 6.99.